The van der Waals surface area contributed by atoms with E-state index < -0.39 is 11.6 Å². The summed E-state index contributed by atoms with van der Waals surface area (Å²) in [6, 6.07) is -0.439. The summed E-state index contributed by atoms with van der Waals surface area (Å²) in [6.07, 6.45) is 5.22. The van der Waals surface area contributed by atoms with Gasteiger partial charge < -0.3 is 16.2 Å². The quantitative estimate of drug-likeness (QED) is 0.677. The first kappa shape index (κ1) is 14.5. The van der Waals surface area contributed by atoms with Crippen LogP contribution in [0.3, 0.4) is 0 Å². The highest BCUT2D eigenvalue weighted by Gasteiger charge is 2.32. The summed E-state index contributed by atoms with van der Waals surface area (Å²) in [5.41, 5.74) is 5.00. The monoisotopic (exact) mass is 242 g/mol. The van der Waals surface area contributed by atoms with Crippen molar-refractivity contribution in [2.75, 3.05) is 6.54 Å². The molecule has 0 aliphatic heterocycles. The highest BCUT2D eigenvalue weighted by molar-refractivity contribution is 5.81. The van der Waals surface area contributed by atoms with Crippen LogP contribution >= 0.6 is 0 Å². The number of amides is 1. The third-order valence-electron chi connectivity index (χ3n) is 3.73. The Kier molecular flexibility index (Phi) is 5.40. The zero-order chi connectivity index (χ0) is 12.9. The van der Waals surface area contributed by atoms with Gasteiger partial charge in [-0.05, 0) is 38.0 Å². The fourth-order valence-corrected chi connectivity index (χ4v) is 2.30. The van der Waals surface area contributed by atoms with Crippen LogP contribution < -0.4 is 11.1 Å². The average molecular weight is 242 g/mol. The van der Waals surface area contributed by atoms with Crippen LogP contribution in [0, 0.1) is 5.92 Å². The second kappa shape index (κ2) is 6.36. The molecule has 0 aromatic heterocycles. The number of nitrogens with two attached hydrogens (primary N) is 1. The van der Waals surface area contributed by atoms with Crippen LogP contribution in [0.15, 0.2) is 0 Å². The molecule has 0 radical (unpaired) electrons. The first-order valence-electron chi connectivity index (χ1n) is 6.72. The van der Waals surface area contributed by atoms with E-state index in [1.807, 2.05) is 6.92 Å². The third-order valence-corrected chi connectivity index (χ3v) is 3.73. The van der Waals surface area contributed by atoms with E-state index in [-0.39, 0.29) is 5.91 Å². The minimum atomic E-state index is -0.714. The molecular weight excluding hydrogens is 216 g/mol. The Morgan fingerprint density at radius 3 is 2.65 bits per heavy atom. The Balaban J connectivity index is 2.32. The highest BCUT2D eigenvalue weighted by Crippen LogP contribution is 2.31. The number of rotatable bonds is 5. The fourth-order valence-electron chi connectivity index (χ4n) is 2.30. The van der Waals surface area contributed by atoms with Gasteiger partial charge in [0.15, 0.2) is 0 Å². The third kappa shape index (κ3) is 4.64. The molecule has 0 aromatic carbocycles. The SMILES string of the molecule is CCC[C@@H](N)C(=O)NCC1(O)CCC(C)CC1. The van der Waals surface area contributed by atoms with Crippen LogP contribution in [-0.2, 0) is 4.79 Å². The molecule has 4 N–H and O–H groups in total. The van der Waals surface area contributed by atoms with E-state index in [1.54, 1.807) is 0 Å². The van der Waals surface area contributed by atoms with E-state index in [0.717, 1.165) is 32.1 Å². The smallest absolute Gasteiger partial charge is 0.237 e. The van der Waals surface area contributed by atoms with Crippen molar-refractivity contribution in [2.45, 2.75) is 64.0 Å². The van der Waals surface area contributed by atoms with Crippen LogP contribution in [0.5, 0.6) is 0 Å². The molecule has 1 rings (SSSR count). The van der Waals surface area contributed by atoms with Gasteiger partial charge in [-0.2, -0.15) is 0 Å². The van der Waals surface area contributed by atoms with Crippen LogP contribution in [0.2, 0.25) is 0 Å². The number of nitrogens with one attached hydrogen (secondary N) is 1. The molecule has 1 aliphatic rings. The molecular formula is C13H26N2O2. The number of hydrogen-bond donors (Lipinski definition) is 3. The molecule has 0 aromatic rings. The summed E-state index contributed by atoms with van der Waals surface area (Å²) in [6.45, 7) is 4.55. The van der Waals surface area contributed by atoms with Gasteiger partial charge in [-0.1, -0.05) is 20.3 Å². The fraction of sp³-hybridized carbons (Fsp3) is 0.923. The van der Waals surface area contributed by atoms with Crippen molar-refractivity contribution in [3.63, 3.8) is 0 Å². The minimum absolute atomic E-state index is 0.140. The van der Waals surface area contributed by atoms with Gasteiger partial charge >= 0.3 is 0 Å². The van der Waals surface area contributed by atoms with Crippen LogP contribution in [-0.4, -0.2) is 29.2 Å². The van der Waals surface area contributed by atoms with E-state index in [2.05, 4.69) is 12.2 Å². The first-order chi connectivity index (χ1) is 7.97. The molecule has 0 bridgehead atoms. The maximum Gasteiger partial charge on any atom is 0.237 e. The van der Waals surface area contributed by atoms with Crippen molar-refractivity contribution in [3.05, 3.63) is 0 Å². The summed E-state index contributed by atoms with van der Waals surface area (Å²) in [5, 5.41) is 13.1. The molecule has 0 unspecified atom stereocenters. The van der Waals surface area contributed by atoms with Crippen molar-refractivity contribution in [1.82, 2.24) is 5.32 Å². The molecule has 17 heavy (non-hydrogen) atoms. The zero-order valence-electron chi connectivity index (χ0n) is 11.0. The molecule has 0 heterocycles. The molecule has 1 atom stereocenters. The first-order valence-corrected chi connectivity index (χ1v) is 6.72. The predicted octanol–water partition coefficient (Wildman–Crippen LogP) is 1.17. The van der Waals surface area contributed by atoms with E-state index in [9.17, 15) is 9.90 Å². The predicted molar refractivity (Wildman–Crippen MR) is 68.5 cm³/mol. The van der Waals surface area contributed by atoms with E-state index in [4.69, 9.17) is 5.73 Å². The van der Waals surface area contributed by atoms with Crippen molar-refractivity contribution < 1.29 is 9.90 Å². The van der Waals surface area contributed by atoms with Gasteiger partial charge in [0.05, 0.1) is 11.6 Å². The highest BCUT2D eigenvalue weighted by atomic mass is 16.3. The van der Waals surface area contributed by atoms with Crippen LogP contribution in [0.4, 0.5) is 0 Å². The van der Waals surface area contributed by atoms with Crippen molar-refractivity contribution in [2.24, 2.45) is 11.7 Å². The Morgan fingerprint density at radius 1 is 1.53 bits per heavy atom. The van der Waals surface area contributed by atoms with Crippen molar-refractivity contribution >= 4 is 5.91 Å². The summed E-state index contributed by atoms with van der Waals surface area (Å²) >= 11 is 0. The van der Waals surface area contributed by atoms with Gasteiger partial charge in [0, 0.05) is 6.54 Å². The molecule has 4 heteroatoms. The Labute approximate surface area is 104 Å². The van der Waals surface area contributed by atoms with Crippen LogP contribution in [0.1, 0.15) is 52.4 Å². The molecule has 1 saturated carbocycles. The lowest BCUT2D eigenvalue weighted by Crippen LogP contribution is -2.49. The normalized spacial score (nSPS) is 30.9. The van der Waals surface area contributed by atoms with Crippen molar-refractivity contribution in [1.29, 1.82) is 0 Å². The van der Waals surface area contributed by atoms with Gasteiger partial charge in [-0.3, -0.25) is 4.79 Å². The summed E-state index contributed by atoms with van der Waals surface area (Å²) < 4.78 is 0. The van der Waals surface area contributed by atoms with Gasteiger partial charge in [0.25, 0.3) is 0 Å². The molecule has 1 aliphatic carbocycles. The second-order valence-electron chi connectivity index (χ2n) is 5.52. The lowest BCUT2D eigenvalue weighted by atomic mass is 9.79. The number of hydrogen-bond acceptors (Lipinski definition) is 3. The topological polar surface area (TPSA) is 75.4 Å². The van der Waals surface area contributed by atoms with Gasteiger partial charge in [0.2, 0.25) is 5.91 Å². The summed E-state index contributed by atoms with van der Waals surface area (Å²) in [5.74, 6) is 0.548. The average Bonchev–Trinajstić information content (AvgIpc) is 2.31. The van der Waals surface area contributed by atoms with E-state index in [1.165, 1.54) is 0 Å². The van der Waals surface area contributed by atoms with E-state index >= 15 is 0 Å². The lowest BCUT2D eigenvalue weighted by Gasteiger charge is -2.35. The number of carbonyl (C=O) groups is 1. The minimum Gasteiger partial charge on any atom is -0.388 e. The lowest BCUT2D eigenvalue weighted by molar-refractivity contribution is -0.124. The summed E-state index contributed by atoms with van der Waals surface area (Å²) in [7, 11) is 0. The molecule has 4 nitrogen and oxygen atoms in total. The Bertz CT molecular complexity index is 248. The maximum atomic E-state index is 11.6. The van der Waals surface area contributed by atoms with Gasteiger partial charge in [0.1, 0.15) is 0 Å². The van der Waals surface area contributed by atoms with Crippen LogP contribution in [0.25, 0.3) is 0 Å². The van der Waals surface area contributed by atoms with E-state index in [0.29, 0.717) is 18.9 Å². The largest absolute Gasteiger partial charge is 0.388 e. The summed E-state index contributed by atoms with van der Waals surface area (Å²) in [4.78, 5) is 11.6. The molecule has 1 amide bonds. The van der Waals surface area contributed by atoms with Crippen molar-refractivity contribution in [3.8, 4) is 0 Å². The molecule has 1 fully saturated rings. The van der Waals surface area contributed by atoms with Gasteiger partial charge in [-0.15, -0.1) is 0 Å². The molecule has 0 saturated heterocycles. The Hall–Kier alpha value is -0.610. The number of carbonyl (C=O) groups excluding carboxylic acids is 1. The second-order valence-corrected chi connectivity index (χ2v) is 5.52. The molecule has 0 spiro atoms. The zero-order valence-corrected chi connectivity index (χ0v) is 11.0. The molecule has 100 valence electrons. The number of aliphatic hydroxyl groups is 1. The Morgan fingerprint density at radius 2 is 2.12 bits per heavy atom. The maximum absolute atomic E-state index is 11.6. The van der Waals surface area contributed by atoms with Gasteiger partial charge in [-0.25, -0.2) is 0 Å². The standard InChI is InChI=1S/C13H26N2O2/c1-3-4-11(14)12(16)15-9-13(17)7-5-10(2)6-8-13/h10-11,17H,3-9,14H2,1-2H3,(H,15,16)/t10?,11-,13?/m1/s1.